The Hall–Kier alpha value is -3.30. The third-order valence-corrected chi connectivity index (χ3v) is 5.50. The molecule has 6 nitrogen and oxygen atoms in total. The van der Waals surface area contributed by atoms with Crippen molar-refractivity contribution < 1.29 is 9.59 Å². The lowest BCUT2D eigenvalue weighted by Crippen LogP contribution is -2.46. The lowest BCUT2D eigenvalue weighted by Gasteiger charge is -2.31. The number of nitrogens with one attached hydrogen (secondary N) is 1. The summed E-state index contributed by atoms with van der Waals surface area (Å²) in [5, 5.41) is 4.63. The predicted molar refractivity (Wildman–Crippen MR) is 120 cm³/mol. The minimum Gasteiger partial charge on any atom is -0.351 e. The molecular formula is C24H28N4O2. The number of hydrazine groups is 1. The lowest BCUT2D eigenvalue weighted by atomic mass is 10.0. The zero-order chi connectivity index (χ0) is 21.7. The molecule has 1 atom stereocenters. The summed E-state index contributed by atoms with van der Waals surface area (Å²) < 4.78 is 0. The van der Waals surface area contributed by atoms with Gasteiger partial charge in [0.2, 0.25) is 5.91 Å². The van der Waals surface area contributed by atoms with Gasteiger partial charge in [0, 0.05) is 18.8 Å². The number of carbonyl (C=O) groups excluding carboxylic acids is 2. The highest BCUT2D eigenvalue weighted by molar-refractivity contribution is 6.09. The molecule has 0 saturated heterocycles. The van der Waals surface area contributed by atoms with Gasteiger partial charge in [-0.2, -0.15) is 0 Å². The number of carbonyl (C=O) groups is 2. The summed E-state index contributed by atoms with van der Waals surface area (Å²) >= 11 is 0. The summed E-state index contributed by atoms with van der Waals surface area (Å²) in [6.45, 7) is 1.90. The summed E-state index contributed by atoms with van der Waals surface area (Å²) in [4.78, 5) is 27.7. The van der Waals surface area contributed by atoms with E-state index in [9.17, 15) is 9.59 Å². The van der Waals surface area contributed by atoms with Crippen LogP contribution in [0.3, 0.4) is 0 Å². The SMILES string of the molecule is C#CC(=O)N(c1ccc(N(C)N)c(C)c1)C(C(=O)NC1CCCC1)c1ccccc1. The van der Waals surface area contributed by atoms with Crippen molar-refractivity contribution >= 4 is 23.2 Å². The molecule has 1 aliphatic rings. The average molecular weight is 405 g/mol. The van der Waals surface area contributed by atoms with Gasteiger partial charge in [-0.25, -0.2) is 5.84 Å². The number of nitrogens with two attached hydrogens (primary N) is 1. The minimum absolute atomic E-state index is 0.126. The number of benzene rings is 2. The van der Waals surface area contributed by atoms with Crippen molar-refractivity contribution in [3.63, 3.8) is 0 Å². The third kappa shape index (κ3) is 4.64. The number of anilines is 2. The molecule has 0 aromatic heterocycles. The van der Waals surface area contributed by atoms with Crippen molar-refractivity contribution in [1.82, 2.24) is 5.32 Å². The molecule has 0 radical (unpaired) electrons. The molecule has 0 bridgehead atoms. The molecule has 3 N–H and O–H groups in total. The molecule has 1 aliphatic carbocycles. The molecule has 6 heteroatoms. The molecule has 0 spiro atoms. The van der Waals surface area contributed by atoms with E-state index < -0.39 is 11.9 Å². The Morgan fingerprint density at radius 3 is 2.40 bits per heavy atom. The molecule has 156 valence electrons. The van der Waals surface area contributed by atoms with E-state index in [1.165, 1.54) is 9.91 Å². The van der Waals surface area contributed by atoms with Crippen LogP contribution in [0.5, 0.6) is 0 Å². The van der Waals surface area contributed by atoms with E-state index in [0.717, 1.165) is 36.9 Å². The highest BCUT2D eigenvalue weighted by Gasteiger charge is 2.33. The first-order valence-corrected chi connectivity index (χ1v) is 10.2. The standard InChI is InChI=1S/C24H28N4O2/c1-4-22(29)28(20-14-15-21(27(3)25)17(2)16-20)23(18-10-6-5-7-11-18)24(30)26-19-12-8-9-13-19/h1,5-7,10-11,14-16,19,23H,8-9,12-13,25H2,2-3H3,(H,26,30). The van der Waals surface area contributed by atoms with Crippen LogP contribution in [-0.2, 0) is 9.59 Å². The first kappa shape index (κ1) is 21.4. The van der Waals surface area contributed by atoms with E-state index in [1.807, 2.05) is 49.4 Å². The van der Waals surface area contributed by atoms with Crippen molar-refractivity contribution in [1.29, 1.82) is 0 Å². The van der Waals surface area contributed by atoms with Crippen LogP contribution < -0.4 is 21.1 Å². The Kier molecular flexibility index (Phi) is 6.76. The van der Waals surface area contributed by atoms with E-state index in [4.69, 9.17) is 12.3 Å². The molecular weight excluding hydrogens is 376 g/mol. The van der Waals surface area contributed by atoms with E-state index in [1.54, 1.807) is 13.1 Å². The highest BCUT2D eigenvalue weighted by atomic mass is 16.2. The zero-order valence-electron chi connectivity index (χ0n) is 17.5. The Morgan fingerprint density at radius 1 is 1.17 bits per heavy atom. The van der Waals surface area contributed by atoms with Crippen LogP contribution in [0.1, 0.15) is 42.9 Å². The molecule has 0 aliphatic heterocycles. The van der Waals surface area contributed by atoms with E-state index in [-0.39, 0.29) is 11.9 Å². The van der Waals surface area contributed by atoms with E-state index in [2.05, 4.69) is 11.2 Å². The predicted octanol–water partition coefficient (Wildman–Crippen LogP) is 3.07. The maximum Gasteiger partial charge on any atom is 0.303 e. The van der Waals surface area contributed by atoms with Crippen molar-refractivity contribution in [2.75, 3.05) is 17.0 Å². The minimum atomic E-state index is -0.865. The second-order valence-corrected chi connectivity index (χ2v) is 7.70. The number of rotatable bonds is 6. The molecule has 30 heavy (non-hydrogen) atoms. The Balaban J connectivity index is 2.06. The summed E-state index contributed by atoms with van der Waals surface area (Å²) in [7, 11) is 1.74. The van der Waals surface area contributed by atoms with Gasteiger partial charge in [-0.1, -0.05) is 43.2 Å². The third-order valence-electron chi connectivity index (χ3n) is 5.50. The van der Waals surface area contributed by atoms with Crippen LogP contribution in [0.15, 0.2) is 48.5 Å². The summed E-state index contributed by atoms with van der Waals surface area (Å²) in [6, 6.07) is 13.9. The average Bonchev–Trinajstić information content (AvgIpc) is 3.24. The molecule has 2 aromatic carbocycles. The Morgan fingerprint density at radius 2 is 1.83 bits per heavy atom. The van der Waals surface area contributed by atoms with Crippen LogP contribution in [0.4, 0.5) is 11.4 Å². The maximum absolute atomic E-state index is 13.4. The normalized spacial score (nSPS) is 14.6. The number of hydrogen-bond acceptors (Lipinski definition) is 4. The van der Waals surface area contributed by atoms with Crippen molar-refractivity contribution in [2.45, 2.75) is 44.7 Å². The van der Waals surface area contributed by atoms with Crippen molar-refractivity contribution in [3.8, 4) is 12.3 Å². The Bertz CT molecular complexity index is 943. The molecule has 3 rings (SSSR count). The van der Waals surface area contributed by atoms with Gasteiger partial charge in [0.1, 0.15) is 6.04 Å². The first-order chi connectivity index (χ1) is 14.4. The fourth-order valence-corrected chi connectivity index (χ4v) is 4.04. The number of aryl methyl sites for hydroxylation is 1. The smallest absolute Gasteiger partial charge is 0.303 e. The molecule has 1 unspecified atom stereocenters. The van der Waals surface area contributed by atoms with Crippen LogP contribution in [0.25, 0.3) is 0 Å². The number of nitrogens with zero attached hydrogens (tertiary/aromatic N) is 2. The van der Waals surface area contributed by atoms with Gasteiger partial charge < -0.3 is 10.3 Å². The fourth-order valence-electron chi connectivity index (χ4n) is 4.04. The molecule has 2 amide bonds. The molecule has 0 heterocycles. The van der Waals surface area contributed by atoms with Gasteiger partial charge in [-0.3, -0.25) is 14.5 Å². The summed E-state index contributed by atoms with van der Waals surface area (Å²) in [5.41, 5.74) is 2.94. The quantitative estimate of drug-likeness (QED) is 0.441. The number of terminal acetylenes is 1. The van der Waals surface area contributed by atoms with Crippen molar-refractivity contribution in [3.05, 3.63) is 59.7 Å². The zero-order valence-corrected chi connectivity index (χ0v) is 17.5. The summed E-state index contributed by atoms with van der Waals surface area (Å²) in [5.74, 6) is 7.27. The van der Waals surface area contributed by atoms with Crippen LogP contribution in [0.2, 0.25) is 0 Å². The number of hydrogen-bond donors (Lipinski definition) is 2. The topological polar surface area (TPSA) is 78.7 Å². The number of amides is 2. The largest absolute Gasteiger partial charge is 0.351 e. The molecule has 2 aromatic rings. The molecule has 1 saturated carbocycles. The van der Waals surface area contributed by atoms with Gasteiger partial charge in [-0.05, 0) is 55.0 Å². The van der Waals surface area contributed by atoms with Crippen LogP contribution in [-0.4, -0.2) is 24.9 Å². The highest BCUT2D eigenvalue weighted by Crippen LogP contribution is 2.32. The Labute approximate surface area is 178 Å². The van der Waals surface area contributed by atoms with Gasteiger partial charge in [0.15, 0.2) is 0 Å². The van der Waals surface area contributed by atoms with E-state index >= 15 is 0 Å². The van der Waals surface area contributed by atoms with Gasteiger partial charge >= 0.3 is 5.91 Å². The van der Waals surface area contributed by atoms with Crippen LogP contribution >= 0.6 is 0 Å². The second kappa shape index (κ2) is 9.47. The second-order valence-electron chi connectivity index (χ2n) is 7.70. The van der Waals surface area contributed by atoms with Gasteiger partial charge in [0.05, 0.1) is 5.69 Å². The fraction of sp³-hybridized carbons (Fsp3) is 0.333. The molecule has 1 fully saturated rings. The van der Waals surface area contributed by atoms with Gasteiger partial charge in [-0.15, -0.1) is 6.42 Å². The monoisotopic (exact) mass is 404 g/mol. The van der Waals surface area contributed by atoms with Gasteiger partial charge in [0.25, 0.3) is 0 Å². The summed E-state index contributed by atoms with van der Waals surface area (Å²) in [6.07, 6.45) is 9.60. The van der Waals surface area contributed by atoms with Crippen molar-refractivity contribution in [2.24, 2.45) is 5.84 Å². The van der Waals surface area contributed by atoms with E-state index in [0.29, 0.717) is 11.3 Å². The lowest BCUT2D eigenvalue weighted by molar-refractivity contribution is -0.125. The maximum atomic E-state index is 13.4. The first-order valence-electron chi connectivity index (χ1n) is 10.2. The van der Waals surface area contributed by atoms with Crippen LogP contribution in [0, 0.1) is 19.3 Å².